The van der Waals surface area contributed by atoms with Crippen LogP contribution < -0.4 is 5.32 Å². The van der Waals surface area contributed by atoms with Crippen LogP contribution in [0.5, 0.6) is 0 Å². The summed E-state index contributed by atoms with van der Waals surface area (Å²) >= 11 is 0. The second-order valence-electron chi connectivity index (χ2n) is 2.59. The van der Waals surface area contributed by atoms with E-state index in [2.05, 4.69) is 11.9 Å². The first kappa shape index (κ1) is 11.2. The summed E-state index contributed by atoms with van der Waals surface area (Å²) < 4.78 is 4.90. The van der Waals surface area contributed by atoms with Gasteiger partial charge in [0.1, 0.15) is 6.61 Å². The summed E-state index contributed by atoms with van der Waals surface area (Å²) in [6, 6.07) is 0. The van der Waals surface area contributed by atoms with Gasteiger partial charge in [-0.15, -0.1) is 0 Å². The van der Waals surface area contributed by atoms with Crippen molar-refractivity contribution in [1.82, 2.24) is 5.32 Å². The molecular formula is C9H17NO2. The molecule has 1 N–H and O–H groups in total. The molecule has 12 heavy (non-hydrogen) atoms. The van der Waals surface area contributed by atoms with Gasteiger partial charge in [0.25, 0.3) is 0 Å². The minimum Gasteiger partial charge on any atom is -0.461 e. The van der Waals surface area contributed by atoms with Gasteiger partial charge in [0.2, 0.25) is 0 Å². The third-order valence-electron chi connectivity index (χ3n) is 1.43. The van der Waals surface area contributed by atoms with Crippen LogP contribution in [0.2, 0.25) is 0 Å². The van der Waals surface area contributed by atoms with Crippen LogP contribution in [-0.2, 0) is 9.53 Å². The fourth-order valence-corrected chi connectivity index (χ4v) is 0.752. The molecule has 0 radical (unpaired) electrons. The van der Waals surface area contributed by atoms with Crippen molar-refractivity contribution in [2.24, 2.45) is 0 Å². The third-order valence-corrected chi connectivity index (χ3v) is 1.43. The van der Waals surface area contributed by atoms with E-state index >= 15 is 0 Å². The standard InChI is InChI=1S/C9H17NO2/c1-4-5-8(2)9(11)12-7-6-10-3/h10H,2,4-7H2,1,3H3. The Morgan fingerprint density at radius 1 is 1.58 bits per heavy atom. The lowest BCUT2D eigenvalue weighted by Crippen LogP contribution is -2.17. The van der Waals surface area contributed by atoms with Gasteiger partial charge in [-0.2, -0.15) is 0 Å². The quantitative estimate of drug-likeness (QED) is 0.369. The van der Waals surface area contributed by atoms with Crippen molar-refractivity contribution < 1.29 is 9.53 Å². The van der Waals surface area contributed by atoms with Crippen molar-refractivity contribution in [3.63, 3.8) is 0 Å². The van der Waals surface area contributed by atoms with E-state index in [9.17, 15) is 4.79 Å². The summed E-state index contributed by atoms with van der Waals surface area (Å²) in [4.78, 5) is 11.1. The largest absolute Gasteiger partial charge is 0.461 e. The molecule has 0 rings (SSSR count). The van der Waals surface area contributed by atoms with Crippen LogP contribution in [0.4, 0.5) is 0 Å². The van der Waals surface area contributed by atoms with Gasteiger partial charge in [0, 0.05) is 12.1 Å². The first-order chi connectivity index (χ1) is 5.72. The minimum absolute atomic E-state index is 0.271. The van der Waals surface area contributed by atoms with Gasteiger partial charge in [-0.25, -0.2) is 4.79 Å². The molecule has 3 heteroatoms. The molecule has 0 bridgehead atoms. The van der Waals surface area contributed by atoms with Crippen LogP contribution in [0.3, 0.4) is 0 Å². The molecule has 0 fully saturated rings. The van der Waals surface area contributed by atoms with Crippen molar-refractivity contribution in [1.29, 1.82) is 0 Å². The normalized spacial score (nSPS) is 9.50. The van der Waals surface area contributed by atoms with Gasteiger partial charge in [0.05, 0.1) is 0 Å². The van der Waals surface area contributed by atoms with Crippen LogP contribution in [0.15, 0.2) is 12.2 Å². The Bertz CT molecular complexity index is 155. The zero-order valence-corrected chi connectivity index (χ0v) is 7.85. The van der Waals surface area contributed by atoms with Gasteiger partial charge in [0.15, 0.2) is 0 Å². The molecule has 0 aliphatic carbocycles. The summed E-state index contributed by atoms with van der Waals surface area (Å²) in [6.45, 7) is 6.73. The molecule has 0 aromatic heterocycles. The SMILES string of the molecule is C=C(CCC)C(=O)OCCNC. The van der Waals surface area contributed by atoms with Crippen molar-refractivity contribution >= 4 is 5.97 Å². The predicted octanol–water partition coefficient (Wildman–Crippen LogP) is 1.11. The number of esters is 1. The Morgan fingerprint density at radius 2 is 2.25 bits per heavy atom. The average molecular weight is 171 g/mol. The molecule has 0 saturated carbocycles. The van der Waals surface area contributed by atoms with E-state index in [1.165, 1.54) is 0 Å². The minimum atomic E-state index is -0.271. The van der Waals surface area contributed by atoms with E-state index in [-0.39, 0.29) is 5.97 Å². The monoisotopic (exact) mass is 171 g/mol. The molecule has 70 valence electrons. The summed E-state index contributed by atoms with van der Waals surface area (Å²) in [5.41, 5.74) is 0.564. The number of hydrogen-bond acceptors (Lipinski definition) is 3. The summed E-state index contributed by atoms with van der Waals surface area (Å²) in [7, 11) is 1.81. The lowest BCUT2D eigenvalue weighted by molar-refractivity contribution is -0.139. The third kappa shape index (κ3) is 4.91. The van der Waals surface area contributed by atoms with Gasteiger partial charge in [-0.1, -0.05) is 19.9 Å². The van der Waals surface area contributed by atoms with Gasteiger partial charge in [-0.3, -0.25) is 0 Å². The van der Waals surface area contributed by atoms with E-state index in [1.807, 2.05) is 14.0 Å². The van der Waals surface area contributed by atoms with Crippen molar-refractivity contribution in [3.8, 4) is 0 Å². The molecule has 0 heterocycles. The number of likely N-dealkylation sites (N-methyl/N-ethyl adjacent to an activating group) is 1. The van der Waals surface area contributed by atoms with E-state index in [0.29, 0.717) is 18.7 Å². The Morgan fingerprint density at radius 3 is 2.75 bits per heavy atom. The van der Waals surface area contributed by atoms with E-state index < -0.39 is 0 Å². The number of rotatable bonds is 6. The van der Waals surface area contributed by atoms with Crippen LogP contribution >= 0.6 is 0 Å². The van der Waals surface area contributed by atoms with Crippen LogP contribution in [-0.4, -0.2) is 26.2 Å². The molecule has 0 aromatic carbocycles. The predicted molar refractivity (Wildman–Crippen MR) is 48.9 cm³/mol. The molecule has 0 aliphatic rings. The summed E-state index contributed by atoms with van der Waals surface area (Å²) in [6.07, 6.45) is 1.65. The van der Waals surface area contributed by atoms with Crippen LogP contribution in [0.25, 0.3) is 0 Å². The molecule has 0 amide bonds. The second-order valence-corrected chi connectivity index (χ2v) is 2.59. The maximum absolute atomic E-state index is 11.1. The van der Waals surface area contributed by atoms with Gasteiger partial charge in [-0.05, 0) is 13.5 Å². The first-order valence-electron chi connectivity index (χ1n) is 4.21. The maximum Gasteiger partial charge on any atom is 0.333 e. The van der Waals surface area contributed by atoms with Crippen molar-refractivity contribution in [2.45, 2.75) is 19.8 Å². The Balaban J connectivity index is 3.50. The van der Waals surface area contributed by atoms with Gasteiger partial charge < -0.3 is 10.1 Å². The maximum atomic E-state index is 11.1. The lowest BCUT2D eigenvalue weighted by Gasteiger charge is -2.04. The number of carbonyl (C=O) groups is 1. The van der Waals surface area contributed by atoms with Crippen LogP contribution in [0.1, 0.15) is 19.8 Å². The molecule has 0 aromatic rings. The molecule has 0 spiro atoms. The molecule has 3 nitrogen and oxygen atoms in total. The highest BCUT2D eigenvalue weighted by Gasteiger charge is 2.05. The van der Waals surface area contributed by atoms with E-state index in [1.54, 1.807) is 0 Å². The summed E-state index contributed by atoms with van der Waals surface area (Å²) in [5.74, 6) is -0.271. The highest BCUT2D eigenvalue weighted by Crippen LogP contribution is 2.03. The molecule has 0 unspecified atom stereocenters. The Hall–Kier alpha value is -0.830. The van der Waals surface area contributed by atoms with E-state index in [0.717, 1.165) is 12.8 Å². The number of hydrogen-bond donors (Lipinski definition) is 1. The van der Waals surface area contributed by atoms with Crippen LogP contribution in [0, 0.1) is 0 Å². The first-order valence-corrected chi connectivity index (χ1v) is 4.21. The van der Waals surface area contributed by atoms with Crippen molar-refractivity contribution in [3.05, 3.63) is 12.2 Å². The zero-order chi connectivity index (χ0) is 9.40. The number of nitrogens with one attached hydrogen (secondary N) is 1. The smallest absolute Gasteiger partial charge is 0.333 e. The van der Waals surface area contributed by atoms with Gasteiger partial charge >= 0.3 is 5.97 Å². The molecular weight excluding hydrogens is 154 g/mol. The number of carbonyl (C=O) groups excluding carboxylic acids is 1. The van der Waals surface area contributed by atoms with E-state index in [4.69, 9.17) is 4.74 Å². The Kier molecular flexibility index (Phi) is 6.38. The zero-order valence-electron chi connectivity index (χ0n) is 7.85. The second kappa shape index (κ2) is 6.85. The summed E-state index contributed by atoms with van der Waals surface area (Å²) in [5, 5.41) is 2.89. The molecule has 0 atom stereocenters. The highest BCUT2D eigenvalue weighted by molar-refractivity contribution is 5.87. The number of ether oxygens (including phenoxy) is 1. The molecule has 0 aliphatic heterocycles. The topological polar surface area (TPSA) is 38.3 Å². The fraction of sp³-hybridized carbons (Fsp3) is 0.667. The fourth-order valence-electron chi connectivity index (χ4n) is 0.752. The lowest BCUT2D eigenvalue weighted by atomic mass is 10.2. The Labute approximate surface area is 73.8 Å². The molecule has 0 saturated heterocycles. The highest BCUT2D eigenvalue weighted by atomic mass is 16.5. The average Bonchev–Trinajstić information content (AvgIpc) is 2.05. The van der Waals surface area contributed by atoms with Crippen molar-refractivity contribution in [2.75, 3.05) is 20.2 Å².